The fraction of sp³-hybridized carbons (Fsp3) is 0.200. The van der Waals surface area contributed by atoms with Crippen LogP contribution in [0.15, 0.2) is 22.7 Å². The maximum atomic E-state index is 11.9. The van der Waals surface area contributed by atoms with Crippen molar-refractivity contribution in [3.8, 4) is 0 Å². The van der Waals surface area contributed by atoms with Crippen molar-refractivity contribution in [3.05, 3.63) is 33.3 Å². The van der Waals surface area contributed by atoms with Crippen LogP contribution < -0.4 is 5.32 Å². The largest absolute Gasteiger partial charge is 0.345 e. The number of halogens is 4. The highest BCUT2D eigenvalue weighted by Crippen LogP contribution is 2.21. The van der Waals surface area contributed by atoms with Gasteiger partial charge in [-0.3, -0.25) is 9.59 Å². The van der Waals surface area contributed by atoms with E-state index in [1.54, 1.807) is 0 Å². The van der Waals surface area contributed by atoms with Crippen molar-refractivity contribution in [1.82, 2.24) is 5.32 Å². The zero-order valence-electron chi connectivity index (χ0n) is 8.34. The number of hydrogen-bond acceptors (Lipinski definition) is 2. The summed E-state index contributed by atoms with van der Waals surface area (Å²) in [5.41, 5.74) is 0.219. The monoisotopic (exact) mass is 325 g/mol. The Kier molecular flexibility index (Phi) is 5.02. The molecule has 3 nitrogen and oxygen atoms in total. The molecule has 1 aromatic rings. The lowest BCUT2D eigenvalue weighted by Gasteiger charge is -2.06. The Bertz CT molecular complexity index is 454. The summed E-state index contributed by atoms with van der Waals surface area (Å²) < 4.78 is 24.2. The third-order valence-corrected chi connectivity index (χ3v) is 2.73. The van der Waals surface area contributed by atoms with E-state index in [4.69, 9.17) is 11.6 Å². The quantitative estimate of drug-likeness (QED) is 0.924. The van der Waals surface area contributed by atoms with Gasteiger partial charge in [-0.2, -0.15) is 0 Å². The highest BCUT2D eigenvalue weighted by atomic mass is 79.9. The first kappa shape index (κ1) is 14.1. The fourth-order valence-corrected chi connectivity index (χ4v) is 1.88. The first-order valence-electron chi connectivity index (χ1n) is 4.46. The van der Waals surface area contributed by atoms with Crippen molar-refractivity contribution < 1.29 is 18.4 Å². The highest BCUT2D eigenvalue weighted by molar-refractivity contribution is 9.10. The van der Waals surface area contributed by atoms with Gasteiger partial charge in [0.1, 0.15) is 0 Å². The van der Waals surface area contributed by atoms with E-state index >= 15 is 0 Å². The maximum absolute atomic E-state index is 11.9. The number of alkyl halides is 2. The van der Waals surface area contributed by atoms with Crippen LogP contribution in [-0.2, 0) is 4.79 Å². The van der Waals surface area contributed by atoms with Crippen LogP contribution >= 0.6 is 27.5 Å². The molecule has 92 valence electrons. The summed E-state index contributed by atoms with van der Waals surface area (Å²) in [5, 5.41) is 2.53. The summed E-state index contributed by atoms with van der Waals surface area (Å²) in [7, 11) is 0. The normalized spacial score (nSPS) is 10.4. The van der Waals surface area contributed by atoms with Gasteiger partial charge in [0.25, 0.3) is 12.3 Å². The fourth-order valence-electron chi connectivity index (χ4n) is 1.01. The molecule has 0 radical (unpaired) electrons. The minimum atomic E-state index is -3.08. The molecular weight excluding hydrogens is 319 g/mol. The van der Waals surface area contributed by atoms with Gasteiger partial charge in [-0.1, -0.05) is 11.6 Å². The van der Waals surface area contributed by atoms with E-state index in [9.17, 15) is 18.4 Å². The maximum Gasteiger partial charge on any atom is 0.297 e. The van der Waals surface area contributed by atoms with E-state index in [2.05, 4.69) is 21.2 Å². The number of nitrogens with one attached hydrogen (secondary N) is 1. The number of hydrogen-bond donors (Lipinski definition) is 1. The lowest BCUT2D eigenvalue weighted by Crippen LogP contribution is -2.32. The molecular formula is C10H7BrClF2NO2. The van der Waals surface area contributed by atoms with Crippen molar-refractivity contribution in [2.75, 3.05) is 6.54 Å². The molecule has 17 heavy (non-hydrogen) atoms. The summed E-state index contributed by atoms with van der Waals surface area (Å²) in [5.74, 6) is -1.95. The second-order valence-electron chi connectivity index (χ2n) is 3.07. The van der Waals surface area contributed by atoms with Gasteiger partial charge in [0.2, 0.25) is 5.78 Å². The Hall–Kier alpha value is -1.01. The van der Waals surface area contributed by atoms with Crippen LogP contribution in [0.25, 0.3) is 0 Å². The Morgan fingerprint density at radius 1 is 1.41 bits per heavy atom. The SMILES string of the molecule is O=C(NCC(=O)C(F)F)c1ccc(Cl)cc1Br. The molecule has 0 fully saturated rings. The summed E-state index contributed by atoms with van der Waals surface area (Å²) in [4.78, 5) is 22.1. The predicted octanol–water partition coefficient (Wildman–Crippen LogP) is 2.67. The molecule has 1 rings (SSSR count). The van der Waals surface area contributed by atoms with Crippen LogP contribution in [0, 0.1) is 0 Å². The van der Waals surface area contributed by atoms with E-state index < -0.39 is 24.7 Å². The van der Waals surface area contributed by atoms with E-state index in [-0.39, 0.29) is 5.56 Å². The van der Waals surface area contributed by atoms with Gasteiger partial charge in [-0.05, 0) is 34.1 Å². The number of amides is 1. The van der Waals surface area contributed by atoms with Gasteiger partial charge in [0, 0.05) is 9.50 Å². The van der Waals surface area contributed by atoms with Crippen molar-refractivity contribution in [1.29, 1.82) is 0 Å². The number of carbonyl (C=O) groups is 2. The van der Waals surface area contributed by atoms with Gasteiger partial charge in [0.15, 0.2) is 0 Å². The topological polar surface area (TPSA) is 46.2 Å². The molecule has 0 aliphatic heterocycles. The Labute approximate surface area is 109 Å². The average Bonchev–Trinajstić information content (AvgIpc) is 2.25. The molecule has 0 bridgehead atoms. The smallest absolute Gasteiger partial charge is 0.297 e. The molecule has 1 amide bonds. The van der Waals surface area contributed by atoms with Crippen LogP contribution in [-0.4, -0.2) is 24.7 Å². The Morgan fingerprint density at radius 3 is 2.59 bits per heavy atom. The van der Waals surface area contributed by atoms with Gasteiger partial charge in [-0.25, -0.2) is 8.78 Å². The van der Waals surface area contributed by atoms with Crippen LogP contribution in [0.1, 0.15) is 10.4 Å². The summed E-state index contributed by atoms with van der Waals surface area (Å²) >= 11 is 8.78. The molecule has 0 aliphatic rings. The third-order valence-electron chi connectivity index (χ3n) is 1.84. The molecule has 0 heterocycles. The molecule has 0 saturated carbocycles. The Morgan fingerprint density at radius 2 is 2.06 bits per heavy atom. The van der Waals surface area contributed by atoms with E-state index in [1.807, 2.05) is 0 Å². The number of benzene rings is 1. The predicted molar refractivity (Wildman–Crippen MR) is 62.5 cm³/mol. The average molecular weight is 327 g/mol. The first-order chi connectivity index (χ1) is 7.91. The molecule has 0 aliphatic carbocycles. The minimum Gasteiger partial charge on any atom is -0.345 e. The van der Waals surface area contributed by atoms with Crippen LogP contribution in [0.5, 0.6) is 0 Å². The standard InChI is InChI=1S/C10H7BrClF2NO2/c11-7-3-5(12)1-2-6(7)10(17)15-4-8(16)9(13)14/h1-3,9H,4H2,(H,15,17). The second-order valence-corrected chi connectivity index (χ2v) is 4.36. The van der Waals surface area contributed by atoms with E-state index in [0.717, 1.165) is 0 Å². The first-order valence-corrected chi connectivity index (χ1v) is 5.63. The van der Waals surface area contributed by atoms with Crippen molar-refractivity contribution >= 4 is 39.2 Å². The summed E-state index contributed by atoms with van der Waals surface area (Å²) in [6, 6.07) is 4.40. The van der Waals surface area contributed by atoms with Crippen molar-refractivity contribution in [2.45, 2.75) is 6.43 Å². The lowest BCUT2D eigenvalue weighted by molar-refractivity contribution is -0.128. The molecule has 1 aromatic carbocycles. The molecule has 0 atom stereocenters. The van der Waals surface area contributed by atoms with Crippen LogP contribution in [0.3, 0.4) is 0 Å². The second kappa shape index (κ2) is 6.07. The van der Waals surface area contributed by atoms with Crippen molar-refractivity contribution in [2.24, 2.45) is 0 Å². The minimum absolute atomic E-state index is 0.219. The molecule has 0 spiro atoms. The molecule has 0 aromatic heterocycles. The molecule has 7 heteroatoms. The number of rotatable bonds is 4. The molecule has 1 N–H and O–H groups in total. The zero-order valence-corrected chi connectivity index (χ0v) is 10.7. The van der Waals surface area contributed by atoms with Gasteiger partial charge < -0.3 is 5.32 Å². The van der Waals surface area contributed by atoms with Gasteiger partial charge in [0.05, 0.1) is 12.1 Å². The number of Topliss-reactive ketones (excluding diaryl/α,β-unsaturated/α-hetero) is 1. The van der Waals surface area contributed by atoms with Crippen molar-refractivity contribution in [3.63, 3.8) is 0 Å². The zero-order chi connectivity index (χ0) is 13.0. The molecule has 0 saturated heterocycles. The van der Waals surface area contributed by atoms with Crippen LogP contribution in [0.4, 0.5) is 8.78 Å². The highest BCUT2D eigenvalue weighted by Gasteiger charge is 2.17. The third kappa shape index (κ3) is 4.05. The lowest BCUT2D eigenvalue weighted by atomic mass is 10.2. The number of ketones is 1. The van der Waals surface area contributed by atoms with Crippen LogP contribution in [0.2, 0.25) is 5.02 Å². The molecule has 0 unspecified atom stereocenters. The van der Waals surface area contributed by atoms with Gasteiger partial charge in [-0.15, -0.1) is 0 Å². The summed E-state index contributed by atoms with van der Waals surface area (Å²) in [6.07, 6.45) is -3.08. The number of carbonyl (C=O) groups excluding carboxylic acids is 2. The van der Waals surface area contributed by atoms with E-state index in [0.29, 0.717) is 9.50 Å². The summed E-state index contributed by atoms with van der Waals surface area (Å²) in [6.45, 7) is -0.703. The van der Waals surface area contributed by atoms with E-state index in [1.165, 1.54) is 18.2 Å². The Balaban J connectivity index is 2.68. The van der Waals surface area contributed by atoms with Gasteiger partial charge >= 0.3 is 0 Å².